The fraction of sp³-hybridized carbons (Fsp3) is 0.0667. The molecule has 0 aromatic heterocycles. The molecule has 0 radical (unpaired) electrons. The van der Waals surface area contributed by atoms with Crippen LogP contribution in [0.4, 0.5) is 5.69 Å². The maximum absolute atomic E-state index is 8.99. The highest BCUT2D eigenvalue weighted by atomic mass is 79.9. The summed E-state index contributed by atoms with van der Waals surface area (Å²) < 4.78 is 0.962. The van der Waals surface area contributed by atoms with Crippen molar-refractivity contribution in [3.8, 4) is 12.1 Å². The maximum atomic E-state index is 8.99. The minimum atomic E-state index is 0.364. The summed E-state index contributed by atoms with van der Waals surface area (Å²) in [4.78, 5) is 0. The highest BCUT2D eigenvalue weighted by Gasteiger charge is 2.04. The van der Waals surface area contributed by atoms with Gasteiger partial charge in [-0.1, -0.05) is 27.5 Å². The molecule has 0 aliphatic carbocycles. The van der Waals surface area contributed by atoms with Gasteiger partial charge in [0.2, 0.25) is 0 Å². The number of hydrogen-bond acceptors (Lipinski definition) is 3. The summed E-state index contributed by atoms with van der Waals surface area (Å²) in [6, 6.07) is 14.6. The Morgan fingerprint density at radius 1 is 1.05 bits per heavy atom. The highest BCUT2D eigenvalue weighted by molar-refractivity contribution is 9.10. The van der Waals surface area contributed by atoms with E-state index in [2.05, 4.69) is 21.2 Å². The summed E-state index contributed by atoms with van der Waals surface area (Å²) in [5.41, 5.74) is 2.54. The molecule has 0 saturated heterocycles. The lowest BCUT2D eigenvalue weighted by Crippen LogP contribution is -2.01. The number of nitrogens with zero attached hydrogens (tertiary/aromatic N) is 2. The van der Waals surface area contributed by atoms with Crippen molar-refractivity contribution in [3.63, 3.8) is 0 Å². The summed E-state index contributed by atoms with van der Waals surface area (Å²) in [5.74, 6) is 0. The molecule has 0 spiro atoms. The van der Waals surface area contributed by atoms with E-state index in [1.54, 1.807) is 18.2 Å². The molecular formula is C15H9BrClN3. The van der Waals surface area contributed by atoms with E-state index < -0.39 is 0 Å². The van der Waals surface area contributed by atoms with Crippen LogP contribution in [0.5, 0.6) is 0 Å². The SMILES string of the molecule is N#Cc1ccc(NCc2cc(Cl)ccc2Br)cc1C#N. The lowest BCUT2D eigenvalue weighted by Gasteiger charge is -2.09. The van der Waals surface area contributed by atoms with E-state index in [0.29, 0.717) is 22.7 Å². The predicted molar refractivity (Wildman–Crippen MR) is 82.4 cm³/mol. The average Bonchev–Trinajstić information content (AvgIpc) is 2.47. The molecule has 0 saturated carbocycles. The Kier molecular flexibility index (Phi) is 4.63. The molecule has 0 unspecified atom stereocenters. The van der Waals surface area contributed by atoms with Gasteiger partial charge in [0.15, 0.2) is 0 Å². The normalized spacial score (nSPS) is 9.60. The number of benzene rings is 2. The van der Waals surface area contributed by atoms with Crippen molar-refractivity contribution in [2.24, 2.45) is 0 Å². The summed E-state index contributed by atoms with van der Waals surface area (Å²) in [6.07, 6.45) is 0. The van der Waals surface area contributed by atoms with Gasteiger partial charge >= 0.3 is 0 Å². The van der Waals surface area contributed by atoms with Crippen LogP contribution in [0.1, 0.15) is 16.7 Å². The number of hydrogen-bond donors (Lipinski definition) is 1. The van der Waals surface area contributed by atoms with E-state index in [9.17, 15) is 0 Å². The van der Waals surface area contributed by atoms with Crippen LogP contribution in [0.25, 0.3) is 0 Å². The standard InChI is InChI=1S/C15H9BrClN3/c16-15-4-2-13(17)5-12(15)9-20-14-3-1-10(7-18)11(6-14)8-19/h1-6,20H,9H2. The minimum Gasteiger partial charge on any atom is -0.381 e. The fourth-order valence-electron chi connectivity index (χ4n) is 1.72. The largest absolute Gasteiger partial charge is 0.381 e. The zero-order valence-corrected chi connectivity index (χ0v) is 12.7. The van der Waals surface area contributed by atoms with E-state index in [-0.39, 0.29) is 0 Å². The van der Waals surface area contributed by atoms with E-state index in [1.807, 2.05) is 30.3 Å². The first-order valence-corrected chi connectivity index (χ1v) is 6.93. The Labute approximate surface area is 130 Å². The van der Waals surface area contributed by atoms with Crippen LogP contribution in [-0.2, 0) is 6.54 Å². The number of nitrogens with one attached hydrogen (secondary N) is 1. The van der Waals surface area contributed by atoms with Crippen molar-refractivity contribution in [2.45, 2.75) is 6.54 Å². The molecule has 20 heavy (non-hydrogen) atoms. The lowest BCUT2D eigenvalue weighted by molar-refractivity contribution is 1.14. The topological polar surface area (TPSA) is 59.6 Å². The molecule has 0 atom stereocenters. The number of halogens is 2. The van der Waals surface area contributed by atoms with Crippen LogP contribution in [-0.4, -0.2) is 0 Å². The van der Waals surface area contributed by atoms with E-state index in [1.165, 1.54) is 0 Å². The first-order valence-electron chi connectivity index (χ1n) is 5.76. The van der Waals surface area contributed by atoms with Gasteiger partial charge in [-0.2, -0.15) is 10.5 Å². The Morgan fingerprint density at radius 3 is 2.50 bits per heavy atom. The van der Waals surface area contributed by atoms with Crippen LogP contribution in [0.2, 0.25) is 5.02 Å². The average molecular weight is 347 g/mol. The smallest absolute Gasteiger partial charge is 0.101 e. The molecular weight excluding hydrogens is 338 g/mol. The van der Waals surface area contributed by atoms with Gasteiger partial charge in [0, 0.05) is 21.7 Å². The van der Waals surface area contributed by atoms with E-state index in [0.717, 1.165) is 15.7 Å². The zero-order valence-electron chi connectivity index (χ0n) is 10.3. The first-order chi connectivity index (χ1) is 9.63. The molecule has 5 heteroatoms. The molecule has 2 aromatic rings. The van der Waals surface area contributed by atoms with Gasteiger partial charge in [-0.05, 0) is 42.0 Å². The van der Waals surface area contributed by atoms with Gasteiger partial charge in [-0.15, -0.1) is 0 Å². The molecule has 98 valence electrons. The molecule has 1 N–H and O–H groups in total. The Bertz CT molecular complexity index is 729. The summed E-state index contributed by atoms with van der Waals surface area (Å²) in [6.45, 7) is 0.567. The first kappa shape index (κ1) is 14.4. The van der Waals surface area contributed by atoms with Crippen LogP contribution in [0, 0.1) is 22.7 Å². The molecule has 2 rings (SSSR count). The van der Waals surface area contributed by atoms with Gasteiger partial charge in [0.25, 0.3) is 0 Å². The molecule has 0 amide bonds. The summed E-state index contributed by atoms with van der Waals surface area (Å²) in [5, 5.41) is 21.7. The van der Waals surface area contributed by atoms with Crippen LogP contribution < -0.4 is 5.32 Å². The van der Waals surface area contributed by atoms with Crippen molar-refractivity contribution in [2.75, 3.05) is 5.32 Å². The molecule has 0 bridgehead atoms. The summed E-state index contributed by atoms with van der Waals surface area (Å²) >= 11 is 9.42. The van der Waals surface area contributed by atoms with Crippen molar-refractivity contribution in [3.05, 3.63) is 62.6 Å². The fourth-order valence-corrected chi connectivity index (χ4v) is 2.30. The lowest BCUT2D eigenvalue weighted by atomic mass is 10.1. The van der Waals surface area contributed by atoms with Gasteiger partial charge < -0.3 is 5.32 Å². The molecule has 2 aromatic carbocycles. The highest BCUT2D eigenvalue weighted by Crippen LogP contribution is 2.23. The molecule has 3 nitrogen and oxygen atoms in total. The third kappa shape index (κ3) is 3.30. The predicted octanol–water partition coefficient (Wildman–Crippen LogP) is 4.46. The molecule has 0 aliphatic rings. The quantitative estimate of drug-likeness (QED) is 0.892. The second-order valence-electron chi connectivity index (χ2n) is 4.07. The monoisotopic (exact) mass is 345 g/mol. The number of rotatable bonds is 3. The second kappa shape index (κ2) is 6.43. The minimum absolute atomic E-state index is 0.364. The molecule has 0 fully saturated rings. The Balaban J connectivity index is 2.18. The zero-order chi connectivity index (χ0) is 14.5. The second-order valence-corrected chi connectivity index (χ2v) is 5.36. The van der Waals surface area contributed by atoms with Gasteiger partial charge in [-0.3, -0.25) is 0 Å². The van der Waals surface area contributed by atoms with Crippen LogP contribution in [0.3, 0.4) is 0 Å². The summed E-state index contributed by atoms with van der Waals surface area (Å²) in [7, 11) is 0. The Hall–Kier alpha value is -2.01. The van der Waals surface area contributed by atoms with Crippen molar-refractivity contribution in [1.82, 2.24) is 0 Å². The van der Waals surface area contributed by atoms with Gasteiger partial charge in [0.05, 0.1) is 11.1 Å². The van der Waals surface area contributed by atoms with Crippen molar-refractivity contribution >= 4 is 33.2 Å². The third-order valence-corrected chi connectivity index (χ3v) is 3.76. The van der Waals surface area contributed by atoms with Gasteiger partial charge in [-0.25, -0.2) is 0 Å². The van der Waals surface area contributed by atoms with Crippen LogP contribution in [0.15, 0.2) is 40.9 Å². The van der Waals surface area contributed by atoms with Gasteiger partial charge in [0.1, 0.15) is 12.1 Å². The van der Waals surface area contributed by atoms with E-state index in [4.69, 9.17) is 22.1 Å². The van der Waals surface area contributed by atoms with E-state index >= 15 is 0 Å². The van der Waals surface area contributed by atoms with Crippen molar-refractivity contribution in [1.29, 1.82) is 10.5 Å². The number of nitriles is 2. The molecule has 0 heterocycles. The number of anilines is 1. The third-order valence-electron chi connectivity index (χ3n) is 2.75. The van der Waals surface area contributed by atoms with Crippen molar-refractivity contribution < 1.29 is 0 Å². The molecule has 0 aliphatic heterocycles. The maximum Gasteiger partial charge on any atom is 0.101 e. The Morgan fingerprint density at radius 2 is 1.80 bits per heavy atom. The van der Waals surface area contributed by atoms with Crippen LogP contribution >= 0.6 is 27.5 Å².